The summed E-state index contributed by atoms with van der Waals surface area (Å²) in [5.74, 6) is 0.00184. The lowest BCUT2D eigenvalue weighted by Gasteiger charge is -2.30. The Kier molecular flexibility index (Phi) is 10.5. The second kappa shape index (κ2) is 13.4. The summed E-state index contributed by atoms with van der Waals surface area (Å²) < 4.78 is 70.6. The highest BCUT2D eigenvalue weighted by atomic mass is 32.2. The monoisotopic (exact) mass is 583 g/mol. The van der Waals surface area contributed by atoms with Gasteiger partial charge in [0.1, 0.15) is 11.8 Å². The third-order valence-corrected chi connectivity index (χ3v) is 8.19. The number of methoxy groups -OCH3 is 1. The lowest BCUT2D eigenvalue weighted by molar-refractivity contribution is -0.141. The van der Waals surface area contributed by atoms with Gasteiger partial charge in [-0.05, 0) is 62.1 Å². The number of hydrogen-bond acceptors (Lipinski definition) is 5. The molecule has 0 unspecified atom stereocenters. The van der Waals surface area contributed by atoms with Crippen LogP contribution < -0.4 is 14.4 Å². The molecule has 1 atom stereocenters. The zero-order chi connectivity index (χ0) is 29.5. The van der Waals surface area contributed by atoms with Crippen molar-refractivity contribution < 1.29 is 35.9 Å². The quantitative estimate of drug-likeness (QED) is 0.390. The average Bonchev–Trinajstić information content (AvgIpc) is 3.41. The molecular formula is C28H36F3N3O5S. The molecule has 0 aliphatic heterocycles. The fraction of sp³-hybridized carbons (Fsp3) is 0.500. The van der Waals surface area contributed by atoms with Crippen LogP contribution in [0.3, 0.4) is 0 Å². The predicted molar refractivity (Wildman–Crippen MR) is 146 cm³/mol. The van der Waals surface area contributed by atoms with Crippen molar-refractivity contribution in [2.24, 2.45) is 0 Å². The highest BCUT2D eigenvalue weighted by molar-refractivity contribution is 7.92. The Morgan fingerprint density at radius 1 is 1.10 bits per heavy atom. The number of sulfonamides is 1. The number of amides is 2. The summed E-state index contributed by atoms with van der Waals surface area (Å²) in [6, 6.07) is 10.4. The molecule has 40 heavy (non-hydrogen) atoms. The van der Waals surface area contributed by atoms with E-state index < -0.39 is 27.8 Å². The van der Waals surface area contributed by atoms with Crippen molar-refractivity contribution >= 4 is 27.5 Å². The lowest BCUT2D eigenvalue weighted by Crippen LogP contribution is -2.49. The van der Waals surface area contributed by atoms with Gasteiger partial charge in [-0.15, -0.1) is 0 Å². The third kappa shape index (κ3) is 8.61. The molecule has 1 saturated carbocycles. The number of halogens is 3. The molecule has 2 amide bonds. The molecule has 220 valence electrons. The summed E-state index contributed by atoms with van der Waals surface area (Å²) in [6.45, 7) is 1.59. The minimum atomic E-state index is -4.63. The Labute approximate surface area is 233 Å². The normalized spacial score (nSPS) is 14.9. The highest BCUT2D eigenvalue weighted by Crippen LogP contribution is 2.32. The maximum Gasteiger partial charge on any atom is 0.416 e. The van der Waals surface area contributed by atoms with E-state index in [1.54, 1.807) is 38.3 Å². The number of carbonyl (C=O) groups excluding carboxylic acids is 2. The van der Waals surface area contributed by atoms with Gasteiger partial charge in [-0.25, -0.2) is 8.42 Å². The van der Waals surface area contributed by atoms with Gasteiger partial charge < -0.3 is 15.0 Å². The molecule has 0 radical (unpaired) electrons. The zero-order valence-corrected chi connectivity index (χ0v) is 23.7. The van der Waals surface area contributed by atoms with Crippen LogP contribution in [-0.4, -0.2) is 57.1 Å². The molecule has 1 fully saturated rings. The van der Waals surface area contributed by atoms with Crippen molar-refractivity contribution in [3.8, 4) is 5.75 Å². The number of ether oxygens (including phenoxy) is 1. The first-order valence-electron chi connectivity index (χ1n) is 13.2. The molecule has 0 aromatic heterocycles. The van der Waals surface area contributed by atoms with Crippen LogP contribution >= 0.6 is 0 Å². The predicted octanol–water partition coefficient (Wildman–Crippen LogP) is 4.74. The fourth-order valence-corrected chi connectivity index (χ4v) is 5.70. The largest absolute Gasteiger partial charge is 0.497 e. The van der Waals surface area contributed by atoms with Crippen molar-refractivity contribution in [3.05, 3.63) is 59.7 Å². The molecule has 2 aromatic carbocycles. The summed E-state index contributed by atoms with van der Waals surface area (Å²) in [5, 5.41) is 3.02. The first kappa shape index (κ1) is 31.3. The number of carbonyl (C=O) groups is 2. The molecule has 0 spiro atoms. The average molecular weight is 584 g/mol. The first-order chi connectivity index (χ1) is 18.8. The second-order valence-corrected chi connectivity index (χ2v) is 11.9. The molecule has 3 rings (SSSR count). The van der Waals surface area contributed by atoms with E-state index >= 15 is 0 Å². The summed E-state index contributed by atoms with van der Waals surface area (Å²) in [4.78, 5) is 27.9. The van der Waals surface area contributed by atoms with E-state index in [4.69, 9.17) is 4.74 Å². The fourth-order valence-electron chi connectivity index (χ4n) is 4.74. The maximum atomic E-state index is 13.4. The van der Waals surface area contributed by atoms with Crippen LogP contribution in [0.5, 0.6) is 5.75 Å². The first-order valence-corrected chi connectivity index (χ1v) is 15.0. The Hall–Kier alpha value is -3.28. The standard InChI is InChI=1S/C28H36F3N3O5S/c1-20(27(36)32-23-9-4-5-10-23)33(19-21-13-15-25(39-2)16-14-21)26(35)12-7-17-34(40(3,37)38)24-11-6-8-22(18-24)28(29,30)31/h6,8,11,13-16,18,20,23H,4-5,7,9-10,12,17,19H2,1-3H3,(H,32,36)/t20-/m1/s1. The van der Waals surface area contributed by atoms with E-state index in [2.05, 4.69) is 5.32 Å². The van der Waals surface area contributed by atoms with Gasteiger partial charge in [-0.1, -0.05) is 31.0 Å². The molecule has 1 N–H and O–H groups in total. The summed E-state index contributed by atoms with van der Waals surface area (Å²) in [5.41, 5.74) is -0.331. The van der Waals surface area contributed by atoms with Crippen LogP contribution in [0.1, 0.15) is 56.6 Å². The van der Waals surface area contributed by atoms with Crippen molar-refractivity contribution in [2.45, 2.75) is 70.3 Å². The summed E-state index contributed by atoms with van der Waals surface area (Å²) >= 11 is 0. The van der Waals surface area contributed by atoms with Gasteiger partial charge >= 0.3 is 6.18 Å². The summed E-state index contributed by atoms with van der Waals surface area (Å²) in [7, 11) is -2.39. The van der Waals surface area contributed by atoms with Crippen molar-refractivity contribution in [3.63, 3.8) is 0 Å². The number of alkyl halides is 3. The van der Waals surface area contributed by atoms with E-state index in [1.807, 2.05) is 0 Å². The van der Waals surface area contributed by atoms with Crippen molar-refractivity contribution in [1.29, 1.82) is 0 Å². The van der Waals surface area contributed by atoms with E-state index in [-0.39, 0.29) is 49.5 Å². The van der Waals surface area contributed by atoms with Gasteiger partial charge in [0.25, 0.3) is 0 Å². The van der Waals surface area contributed by atoms with Gasteiger partial charge in [0.15, 0.2) is 0 Å². The van der Waals surface area contributed by atoms with E-state index in [1.165, 1.54) is 11.0 Å². The molecule has 0 bridgehead atoms. The van der Waals surface area contributed by atoms with E-state index in [0.29, 0.717) is 5.75 Å². The molecule has 0 saturated heterocycles. The molecule has 0 heterocycles. The number of nitrogens with zero attached hydrogens (tertiary/aromatic N) is 2. The van der Waals surface area contributed by atoms with E-state index in [9.17, 15) is 31.2 Å². The topological polar surface area (TPSA) is 96.0 Å². The van der Waals surface area contributed by atoms with Crippen LogP contribution in [0.15, 0.2) is 48.5 Å². The van der Waals surface area contributed by atoms with Crippen molar-refractivity contribution in [2.75, 3.05) is 24.2 Å². The minimum Gasteiger partial charge on any atom is -0.497 e. The van der Waals surface area contributed by atoms with Gasteiger partial charge in [-0.2, -0.15) is 13.2 Å². The van der Waals surface area contributed by atoms with Gasteiger partial charge in [-0.3, -0.25) is 13.9 Å². The van der Waals surface area contributed by atoms with Crippen LogP contribution in [0.25, 0.3) is 0 Å². The smallest absolute Gasteiger partial charge is 0.416 e. The third-order valence-electron chi connectivity index (χ3n) is 6.99. The summed E-state index contributed by atoms with van der Waals surface area (Å²) in [6.07, 6.45) is 0.0593. The van der Waals surface area contributed by atoms with Gasteiger partial charge in [0.2, 0.25) is 21.8 Å². The van der Waals surface area contributed by atoms with Crippen LogP contribution in [0, 0.1) is 0 Å². The Bertz CT molecular complexity index is 1260. The molecule has 2 aromatic rings. The van der Waals surface area contributed by atoms with Crippen molar-refractivity contribution in [1.82, 2.24) is 10.2 Å². The molecule has 12 heteroatoms. The maximum absolute atomic E-state index is 13.4. The molecule has 1 aliphatic carbocycles. The number of rotatable bonds is 12. The molecule has 8 nitrogen and oxygen atoms in total. The number of benzene rings is 2. The number of hydrogen-bond donors (Lipinski definition) is 1. The van der Waals surface area contributed by atoms with Gasteiger partial charge in [0, 0.05) is 25.6 Å². The zero-order valence-electron chi connectivity index (χ0n) is 22.9. The van der Waals surface area contributed by atoms with Gasteiger partial charge in [0.05, 0.1) is 24.6 Å². The second-order valence-electron chi connectivity index (χ2n) is 10.0. The Balaban J connectivity index is 1.75. The highest BCUT2D eigenvalue weighted by Gasteiger charge is 2.32. The lowest BCUT2D eigenvalue weighted by atomic mass is 10.1. The van der Waals surface area contributed by atoms with Crippen LogP contribution in [0.4, 0.5) is 18.9 Å². The Morgan fingerprint density at radius 3 is 2.33 bits per heavy atom. The van der Waals surface area contributed by atoms with E-state index in [0.717, 1.165) is 60.0 Å². The minimum absolute atomic E-state index is 0.0399. The molecule has 1 aliphatic rings. The SMILES string of the molecule is COc1ccc(CN(C(=O)CCCN(c2cccc(C(F)(F)F)c2)S(C)(=O)=O)[C@H](C)C(=O)NC2CCCC2)cc1. The van der Waals surface area contributed by atoms with Crippen LogP contribution in [-0.2, 0) is 32.3 Å². The van der Waals surface area contributed by atoms with Crippen LogP contribution in [0.2, 0.25) is 0 Å². The Morgan fingerprint density at radius 2 is 1.75 bits per heavy atom. The number of anilines is 1. The number of nitrogens with one attached hydrogen (secondary N) is 1. The molecular weight excluding hydrogens is 547 g/mol.